The van der Waals surface area contributed by atoms with Crippen LogP contribution in [0.4, 0.5) is 0 Å². The zero-order valence-corrected chi connectivity index (χ0v) is 8.31. The van der Waals surface area contributed by atoms with Crippen LogP contribution in [-0.4, -0.2) is 5.78 Å². The summed E-state index contributed by atoms with van der Waals surface area (Å²) in [6.07, 6.45) is 7.14. The number of carbonyl (C=O) groups is 1. The molecule has 0 aromatic heterocycles. The Bertz CT molecular complexity index is 145. The van der Waals surface area contributed by atoms with Crippen LogP contribution in [0.2, 0.25) is 0 Å². The molecule has 1 fully saturated rings. The standard InChI is InChI=1S/C11H20O/c1-3-9(2)11(12)8-10-6-4-5-7-10/h9-10H,3-8H2,1-2H3. The van der Waals surface area contributed by atoms with Crippen LogP contribution in [0.1, 0.15) is 52.4 Å². The maximum Gasteiger partial charge on any atom is 0.135 e. The molecule has 0 N–H and O–H groups in total. The molecule has 0 amide bonds. The smallest absolute Gasteiger partial charge is 0.135 e. The van der Waals surface area contributed by atoms with E-state index in [9.17, 15) is 4.79 Å². The lowest BCUT2D eigenvalue weighted by atomic mass is 9.93. The van der Waals surface area contributed by atoms with Gasteiger partial charge in [-0.2, -0.15) is 0 Å². The molecule has 1 aliphatic carbocycles. The van der Waals surface area contributed by atoms with E-state index >= 15 is 0 Å². The van der Waals surface area contributed by atoms with Gasteiger partial charge in [0.25, 0.3) is 0 Å². The maximum atomic E-state index is 11.5. The second-order valence-electron chi connectivity index (χ2n) is 4.13. The first-order valence-corrected chi connectivity index (χ1v) is 5.26. The fourth-order valence-corrected chi connectivity index (χ4v) is 1.93. The highest BCUT2D eigenvalue weighted by Gasteiger charge is 2.20. The van der Waals surface area contributed by atoms with Gasteiger partial charge in [-0.05, 0) is 12.3 Å². The SMILES string of the molecule is CCC(C)C(=O)CC1CCCC1. The molecule has 1 nitrogen and oxygen atoms in total. The third-order valence-corrected chi connectivity index (χ3v) is 3.13. The van der Waals surface area contributed by atoms with Crippen molar-refractivity contribution < 1.29 is 4.79 Å². The third-order valence-electron chi connectivity index (χ3n) is 3.13. The summed E-state index contributed by atoms with van der Waals surface area (Å²) in [5.74, 6) is 1.52. The Morgan fingerprint density at radius 1 is 1.42 bits per heavy atom. The summed E-state index contributed by atoms with van der Waals surface area (Å²) < 4.78 is 0. The topological polar surface area (TPSA) is 17.1 Å². The van der Waals surface area contributed by atoms with Crippen LogP contribution in [0.3, 0.4) is 0 Å². The number of carbonyl (C=O) groups excluding carboxylic acids is 1. The zero-order chi connectivity index (χ0) is 8.97. The van der Waals surface area contributed by atoms with Crippen molar-refractivity contribution in [1.82, 2.24) is 0 Å². The molecule has 70 valence electrons. The molecule has 12 heavy (non-hydrogen) atoms. The minimum atomic E-state index is 0.297. The van der Waals surface area contributed by atoms with Gasteiger partial charge in [0.05, 0.1) is 0 Å². The lowest BCUT2D eigenvalue weighted by molar-refractivity contribution is -0.123. The van der Waals surface area contributed by atoms with Gasteiger partial charge in [-0.25, -0.2) is 0 Å². The van der Waals surface area contributed by atoms with Crippen molar-refractivity contribution in [2.75, 3.05) is 0 Å². The molecule has 0 aromatic carbocycles. The van der Waals surface area contributed by atoms with Crippen molar-refractivity contribution in [3.63, 3.8) is 0 Å². The van der Waals surface area contributed by atoms with Gasteiger partial charge in [0, 0.05) is 12.3 Å². The van der Waals surface area contributed by atoms with Gasteiger partial charge in [-0.3, -0.25) is 4.79 Å². The summed E-state index contributed by atoms with van der Waals surface area (Å²) in [4.78, 5) is 11.5. The molecule has 0 bridgehead atoms. The molecule has 1 aliphatic rings. The third kappa shape index (κ3) is 2.62. The average molecular weight is 168 g/mol. The van der Waals surface area contributed by atoms with Crippen molar-refractivity contribution in [3.05, 3.63) is 0 Å². The highest BCUT2D eigenvalue weighted by atomic mass is 16.1. The summed E-state index contributed by atoms with van der Waals surface area (Å²) in [5.41, 5.74) is 0. The normalized spacial score (nSPS) is 21.2. The number of hydrogen-bond donors (Lipinski definition) is 0. The average Bonchev–Trinajstić information content (AvgIpc) is 2.55. The van der Waals surface area contributed by atoms with Crippen LogP contribution < -0.4 is 0 Å². The predicted molar refractivity (Wildman–Crippen MR) is 51.0 cm³/mol. The first-order valence-electron chi connectivity index (χ1n) is 5.26. The minimum absolute atomic E-state index is 0.297. The van der Waals surface area contributed by atoms with Crippen LogP contribution in [-0.2, 0) is 4.79 Å². The molecule has 0 aliphatic heterocycles. The molecule has 1 saturated carbocycles. The van der Waals surface area contributed by atoms with Gasteiger partial charge < -0.3 is 0 Å². The Morgan fingerprint density at radius 3 is 2.50 bits per heavy atom. The lowest BCUT2D eigenvalue weighted by Crippen LogP contribution is -2.13. The molecular weight excluding hydrogens is 148 g/mol. The molecule has 0 aromatic rings. The number of rotatable bonds is 4. The zero-order valence-electron chi connectivity index (χ0n) is 8.31. The van der Waals surface area contributed by atoms with Crippen molar-refractivity contribution in [1.29, 1.82) is 0 Å². The second kappa shape index (κ2) is 4.64. The fraction of sp³-hybridized carbons (Fsp3) is 0.909. The summed E-state index contributed by atoms with van der Waals surface area (Å²) in [6.45, 7) is 4.15. The Labute approximate surface area is 75.5 Å². The van der Waals surface area contributed by atoms with E-state index in [2.05, 4.69) is 13.8 Å². The number of hydrogen-bond acceptors (Lipinski definition) is 1. The molecule has 1 heteroatoms. The van der Waals surface area contributed by atoms with Crippen molar-refractivity contribution in [2.45, 2.75) is 52.4 Å². The van der Waals surface area contributed by atoms with Crippen molar-refractivity contribution in [3.8, 4) is 0 Å². The van der Waals surface area contributed by atoms with Crippen LogP contribution in [0.15, 0.2) is 0 Å². The Morgan fingerprint density at radius 2 is 2.00 bits per heavy atom. The first-order chi connectivity index (χ1) is 5.74. The summed E-state index contributed by atoms with van der Waals surface area (Å²) in [7, 11) is 0. The van der Waals surface area contributed by atoms with Gasteiger partial charge >= 0.3 is 0 Å². The van der Waals surface area contributed by atoms with E-state index in [4.69, 9.17) is 0 Å². The van der Waals surface area contributed by atoms with E-state index in [1.54, 1.807) is 0 Å². The van der Waals surface area contributed by atoms with Crippen LogP contribution in [0.5, 0.6) is 0 Å². The quantitative estimate of drug-likeness (QED) is 0.630. The van der Waals surface area contributed by atoms with E-state index in [0.717, 1.165) is 18.8 Å². The van der Waals surface area contributed by atoms with Crippen LogP contribution in [0.25, 0.3) is 0 Å². The van der Waals surface area contributed by atoms with Crippen LogP contribution >= 0.6 is 0 Å². The van der Waals surface area contributed by atoms with Crippen LogP contribution in [0, 0.1) is 11.8 Å². The summed E-state index contributed by atoms with van der Waals surface area (Å²) in [5, 5.41) is 0. The maximum absolute atomic E-state index is 11.5. The summed E-state index contributed by atoms with van der Waals surface area (Å²) in [6, 6.07) is 0. The highest BCUT2D eigenvalue weighted by molar-refractivity contribution is 5.80. The fourth-order valence-electron chi connectivity index (χ4n) is 1.93. The highest BCUT2D eigenvalue weighted by Crippen LogP contribution is 2.28. The summed E-state index contributed by atoms with van der Waals surface area (Å²) >= 11 is 0. The lowest BCUT2D eigenvalue weighted by Gasteiger charge is -2.11. The Kier molecular flexibility index (Phi) is 3.77. The van der Waals surface area contributed by atoms with Crippen molar-refractivity contribution in [2.24, 2.45) is 11.8 Å². The predicted octanol–water partition coefficient (Wildman–Crippen LogP) is 3.18. The van der Waals surface area contributed by atoms with E-state index in [1.807, 2.05) is 0 Å². The Hall–Kier alpha value is -0.330. The molecule has 1 unspecified atom stereocenters. The monoisotopic (exact) mass is 168 g/mol. The molecule has 0 spiro atoms. The molecule has 1 atom stereocenters. The number of ketones is 1. The van der Waals surface area contributed by atoms with Gasteiger partial charge in [-0.15, -0.1) is 0 Å². The Balaban J connectivity index is 2.25. The van der Waals surface area contributed by atoms with Gasteiger partial charge in [-0.1, -0.05) is 39.5 Å². The van der Waals surface area contributed by atoms with E-state index in [1.165, 1.54) is 25.7 Å². The van der Waals surface area contributed by atoms with E-state index in [0.29, 0.717) is 11.7 Å². The molecule has 0 saturated heterocycles. The molecular formula is C11H20O. The number of Topliss-reactive ketones (excluding diaryl/α,β-unsaturated/α-hetero) is 1. The molecule has 0 heterocycles. The largest absolute Gasteiger partial charge is 0.299 e. The van der Waals surface area contributed by atoms with Gasteiger partial charge in [0.2, 0.25) is 0 Å². The van der Waals surface area contributed by atoms with E-state index < -0.39 is 0 Å². The first kappa shape index (κ1) is 9.76. The van der Waals surface area contributed by atoms with Gasteiger partial charge in [0.1, 0.15) is 5.78 Å². The molecule has 1 rings (SSSR count). The minimum Gasteiger partial charge on any atom is -0.299 e. The second-order valence-corrected chi connectivity index (χ2v) is 4.13. The van der Waals surface area contributed by atoms with Gasteiger partial charge in [0.15, 0.2) is 0 Å². The van der Waals surface area contributed by atoms with Crippen molar-refractivity contribution >= 4 is 5.78 Å². The molecule has 0 radical (unpaired) electrons. The van der Waals surface area contributed by atoms with E-state index in [-0.39, 0.29) is 0 Å².